The molecule has 1 saturated carbocycles. The molecule has 2 N–H and O–H groups in total. The number of pyridine rings is 1. The normalized spacial score (nSPS) is 24.5. The molecule has 4 nitrogen and oxygen atoms in total. The molecule has 2 aromatic rings. The maximum atomic E-state index is 10.3. The molecule has 2 heterocycles. The highest BCUT2D eigenvalue weighted by molar-refractivity contribution is 9.10. The molecule has 2 aromatic heterocycles. The van der Waals surface area contributed by atoms with Crippen LogP contribution in [-0.4, -0.2) is 25.7 Å². The maximum Gasteiger partial charge on any atom is 0.179 e. The number of hydrogen-bond acceptors (Lipinski definition) is 3. The molecule has 102 valence electrons. The van der Waals surface area contributed by atoms with E-state index in [1.54, 1.807) is 6.20 Å². The van der Waals surface area contributed by atoms with Crippen LogP contribution in [0.4, 0.5) is 0 Å². The van der Waals surface area contributed by atoms with Crippen LogP contribution in [0.25, 0.3) is 11.2 Å². The summed E-state index contributed by atoms with van der Waals surface area (Å²) in [6, 6.07) is 2.01. The van der Waals surface area contributed by atoms with E-state index in [4.69, 9.17) is 12.2 Å². The molecule has 0 bridgehead atoms. The van der Waals surface area contributed by atoms with Gasteiger partial charge >= 0.3 is 0 Å². The average Bonchev–Trinajstić information content (AvgIpc) is 2.54. The van der Waals surface area contributed by atoms with Crippen molar-refractivity contribution in [3.05, 3.63) is 21.5 Å². The van der Waals surface area contributed by atoms with Crippen LogP contribution in [0.1, 0.15) is 38.1 Å². The molecule has 1 aliphatic carbocycles. The van der Waals surface area contributed by atoms with Gasteiger partial charge in [-0.2, -0.15) is 0 Å². The lowest BCUT2D eigenvalue weighted by atomic mass is 10.1. The van der Waals surface area contributed by atoms with E-state index in [1.807, 2.05) is 10.6 Å². The Morgan fingerprint density at radius 3 is 3.00 bits per heavy atom. The zero-order chi connectivity index (χ0) is 13.4. The van der Waals surface area contributed by atoms with E-state index < -0.39 is 0 Å². The Morgan fingerprint density at radius 1 is 1.37 bits per heavy atom. The summed E-state index contributed by atoms with van der Waals surface area (Å²) in [5.74, 6) is 0. The molecule has 1 fully saturated rings. The Morgan fingerprint density at radius 2 is 2.16 bits per heavy atom. The first-order chi connectivity index (χ1) is 9.16. The second-order valence-electron chi connectivity index (χ2n) is 5.10. The largest absolute Gasteiger partial charge is 0.391 e. The molecule has 3 rings (SSSR count). The van der Waals surface area contributed by atoms with Crippen LogP contribution < -0.4 is 0 Å². The van der Waals surface area contributed by atoms with E-state index in [2.05, 4.69) is 25.9 Å². The molecular weight excluding hydrogens is 326 g/mol. The number of aromatic nitrogens is 3. The summed E-state index contributed by atoms with van der Waals surface area (Å²) in [4.78, 5) is 7.63. The maximum absolute atomic E-state index is 10.3. The number of imidazole rings is 1. The van der Waals surface area contributed by atoms with Gasteiger partial charge < -0.3 is 10.1 Å². The number of halogens is 1. The number of rotatable bonds is 1. The monoisotopic (exact) mass is 341 g/mol. The van der Waals surface area contributed by atoms with Crippen molar-refractivity contribution in [2.24, 2.45) is 0 Å². The van der Waals surface area contributed by atoms with E-state index in [-0.39, 0.29) is 12.1 Å². The molecular formula is C13H16BrN3OS. The second kappa shape index (κ2) is 5.34. The van der Waals surface area contributed by atoms with Crippen LogP contribution in [0.2, 0.25) is 0 Å². The minimum absolute atomic E-state index is 0.0393. The molecule has 2 unspecified atom stereocenters. The standard InChI is InChI=1S/C13H16BrN3OS/c14-8-6-9-12(15-7-8)17(13(19)16-9)10-4-2-1-3-5-11(10)18/h6-7,10-11,18H,1-5H2,(H,16,19). The van der Waals surface area contributed by atoms with Crippen molar-refractivity contribution in [2.45, 2.75) is 44.2 Å². The second-order valence-corrected chi connectivity index (χ2v) is 6.40. The van der Waals surface area contributed by atoms with Gasteiger partial charge in [0.05, 0.1) is 17.7 Å². The van der Waals surface area contributed by atoms with Crippen LogP contribution in [0.3, 0.4) is 0 Å². The first kappa shape index (κ1) is 13.3. The lowest BCUT2D eigenvalue weighted by Gasteiger charge is -2.22. The lowest BCUT2D eigenvalue weighted by molar-refractivity contribution is 0.106. The Kier molecular flexibility index (Phi) is 3.73. The summed E-state index contributed by atoms with van der Waals surface area (Å²) < 4.78 is 3.56. The van der Waals surface area contributed by atoms with Gasteiger partial charge in [0.2, 0.25) is 0 Å². The van der Waals surface area contributed by atoms with E-state index in [0.717, 1.165) is 41.3 Å². The highest BCUT2D eigenvalue weighted by Crippen LogP contribution is 2.30. The van der Waals surface area contributed by atoms with Crippen LogP contribution >= 0.6 is 28.1 Å². The number of aliphatic hydroxyl groups is 1. The molecule has 0 aliphatic heterocycles. The highest BCUT2D eigenvalue weighted by Gasteiger charge is 2.25. The molecule has 0 spiro atoms. The molecule has 0 radical (unpaired) electrons. The van der Waals surface area contributed by atoms with Crippen molar-refractivity contribution in [1.82, 2.24) is 14.5 Å². The van der Waals surface area contributed by atoms with Gasteiger partial charge in [0.25, 0.3) is 0 Å². The van der Waals surface area contributed by atoms with Crippen molar-refractivity contribution in [1.29, 1.82) is 0 Å². The fraction of sp³-hybridized carbons (Fsp3) is 0.538. The lowest BCUT2D eigenvalue weighted by Crippen LogP contribution is -2.23. The van der Waals surface area contributed by atoms with Crippen molar-refractivity contribution in [3.63, 3.8) is 0 Å². The van der Waals surface area contributed by atoms with Crippen LogP contribution in [0.15, 0.2) is 16.7 Å². The zero-order valence-corrected chi connectivity index (χ0v) is 12.9. The first-order valence-electron chi connectivity index (χ1n) is 6.60. The fourth-order valence-electron chi connectivity index (χ4n) is 2.86. The van der Waals surface area contributed by atoms with Gasteiger partial charge in [0, 0.05) is 10.7 Å². The Bertz CT molecular complexity index is 651. The average molecular weight is 342 g/mol. The summed E-state index contributed by atoms with van der Waals surface area (Å²) >= 11 is 8.83. The number of fused-ring (bicyclic) bond motifs is 1. The summed E-state index contributed by atoms with van der Waals surface area (Å²) in [6.07, 6.45) is 6.64. The third-order valence-corrected chi connectivity index (χ3v) is 4.53. The van der Waals surface area contributed by atoms with Gasteiger partial charge in [-0.05, 0) is 47.1 Å². The van der Waals surface area contributed by atoms with E-state index in [1.165, 1.54) is 6.42 Å². The van der Waals surface area contributed by atoms with Crippen LogP contribution in [-0.2, 0) is 0 Å². The predicted molar refractivity (Wildman–Crippen MR) is 80.7 cm³/mol. The molecule has 6 heteroatoms. The SMILES string of the molecule is OC1CCCCCC1n1c(=S)[nH]c2cc(Br)cnc21. The predicted octanol–water partition coefficient (Wildman–Crippen LogP) is 3.72. The molecule has 0 amide bonds. The molecule has 0 aromatic carbocycles. The Hall–Kier alpha value is -0.720. The van der Waals surface area contributed by atoms with E-state index in [0.29, 0.717) is 4.77 Å². The molecule has 2 atom stereocenters. The van der Waals surface area contributed by atoms with Gasteiger partial charge in [-0.1, -0.05) is 19.3 Å². The molecule has 0 saturated heterocycles. The minimum Gasteiger partial charge on any atom is -0.391 e. The first-order valence-corrected chi connectivity index (χ1v) is 7.81. The number of hydrogen-bond donors (Lipinski definition) is 2. The van der Waals surface area contributed by atoms with Crippen LogP contribution in [0.5, 0.6) is 0 Å². The van der Waals surface area contributed by atoms with Gasteiger partial charge in [-0.15, -0.1) is 0 Å². The van der Waals surface area contributed by atoms with Gasteiger partial charge in [-0.3, -0.25) is 4.57 Å². The van der Waals surface area contributed by atoms with Gasteiger partial charge in [-0.25, -0.2) is 4.98 Å². The quantitative estimate of drug-likeness (QED) is 0.613. The smallest absolute Gasteiger partial charge is 0.179 e. The summed E-state index contributed by atoms with van der Waals surface area (Å²) in [7, 11) is 0. The van der Waals surface area contributed by atoms with Crippen molar-refractivity contribution in [2.75, 3.05) is 0 Å². The van der Waals surface area contributed by atoms with Gasteiger partial charge in [0.15, 0.2) is 10.4 Å². The number of aliphatic hydroxyl groups excluding tert-OH is 1. The van der Waals surface area contributed by atoms with Gasteiger partial charge in [0.1, 0.15) is 0 Å². The third-order valence-electron chi connectivity index (χ3n) is 3.80. The zero-order valence-electron chi connectivity index (χ0n) is 10.5. The van der Waals surface area contributed by atoms with E-state index >= 15 is 0 Å². The van der Waals surface area contributed by atoms with E-state index in [9.17, 15) is 5.11 Å². The van der Waals surface area contributed by atoms with Crippen molar-refractivity contribution < 1.29 is 5.11 Å². The minimum atomic E-state index is -0.335. The fourth-order valence-corrected chi connectivity index (χ4v) is 3.53. The number of aromatic amines is 1. The van der Waals surface area contributed by atoms with Crippen molar-refractivity contribution in [3.8, 4) is 0 Å². The molecule has 1 aliphatic rings. The van der Waals surface area contributed by atoms with Crippen LogP contribution in [0, 0.1) is 4.77 Å². The Balaban J connectivity index is 2.13. The summed E-state index contributed by atoms with van der Waals surface area (Å²) in [5.41, 5.74) is 1.75. The van der Waals surface area contributed by atoms with Crippen molar-refractivity contribution >= 4 is 39.3 Å². The highest BCUT2D eigenvalue weighted by atomic mass is 79.9. The number of nitrogens with zero attached hydrogens (tertiary/aromatic N) is 2. The summed E-state index contributed by atoms with van der Waals surface area (Å²) in [6.45, 7) is 0. The topological polar surface area (TPSA) is 53.8 Å². The summed E-state index contributed by atoms with van der Waals surface area (Å²) in [5, 5.41) is 10.3. The number of H-pyrrole nitrogens is 1. The number of nitrogens with one attached hydrogen (secondary N) is 1. The third kappa shape index (κ3) is 2.49. The molecule has 19 heavy (non-hydrogen) atoms. The Labute approximate surface area is 125 Å².